The van der Waals surface area contributed by atoms with Crippen LogP contribution in [0.3, 0.4) is 0 Å². The molecule has 3 atom stereocenters. The molecular weight excluding hydrogens is 174 g/mol. The van der Waals surface area contributed by atoms with Gasteiger partial charge in [-0.05, 0) is 45.2 Å². The largest absolute Gasteiger partial charge is 0.393 e. The zero-order chi connectivity index (χ0) is 10.6. The maximum absolute atomic E-state index is 9.65. The molecule has 3 unspecified atom stereocenters. The first kappa shape index (κ1) is 12.0. The molecule has 0 radical (unpaired) electrons. The summed E-state index contributed by atoms with van der Waals surface area (Å²) >= 11 is 0. The van der Waals surface area contributed by atoms with Crippen LogP contribution in [-0.4, -0.2) is 35.7 Å². The Morgan fingerprint density at radius 3 is 2.71 bits per heavy atom. The van der Waals surface area contributed by atoms with Crippen molar-refractivity contribution in [2.45, 2.75) is 58.1 Å². The Bertz CT molecular complexity index is 160. The SMILES string of the molecule is CCCCN(C)C1CC(O)CCC1C. The van der Waals surface area contributed by atoms with Crippen molar-refractivity contribution >= 4 is 0 Å². The van der Waals surface area contributed by atoms with Crippen LogP contribution in [0.4, 0.5) is 0 Å². The first-order chi connectivity index (χ1) is 6.65. The summed E-state index contributed by atoms with van der Waals surface area (Å²) in [5.74, 6) is 0.750. The van der Waals surface area contributed by atoms with Gasteiger partial charge in [-0.2, -0.15) is 0 Å². The molecule has 0 aromatic carbocycles. The zero-order valence-electron chi connectivity index (χ0n) is 9.87. The van der Waals surface area contributed by atoms with Gasteiger partial charge in [0.05, 0.1) is 6.10 Å². The monoisotopic (exact) mass is 199 g/mol. The number of unbranched alkanes of at least 4 members (excludes halogenated alkanes) is 1. The van der Waals surface area contributed by atoms with Crippen LogP contribution < -0.4 is 0 Å². The van der Waals surface area contributed by atoms with Gasteiger partial charge in [0.2, 0.25) is 0 Å². The molecule has 0 heterocycles. The van der Waals surface area contributed by atoms with E-state index < -0.39 is 0 Å². The van der Waals surface area contributed by atoms with Gasteiger partial charge in [-0.25, -0.2) is 0 Å². The highest BCUT2D eigenvalue weighted by Gasteiger charge is 2.28. The molecule has 2 heteroatoms. The third-order valence-electron chi connectivity index (χ3n) is 3.56. The summed E-state index contributed by atoms with van der Waals surface area (Å²) in [5.41, 5.74) is 0. The van der Waals surface area contributed by atoms with Crippen LogP contribution in [0.2, 0.25) is 0 Å². The number of hydrogen-bond acceptors (Lipinski definition) is 2. The van der Waals surface area contributed by atoms with Crippen molar-refractivity contribution in [2.24, 2.45) is 5.92 Å². The topological polar surface area (TPSA) is 23.5 Å². The molecule has 0 aromatic rings. The average molecular weight is 199 g/mol. The average Bonchev–Trinajstić information content (AvgIpc) is 2.18. The smallest absolute Gasteiger partial charge is 0.0555 e. The predicted octanol–water partition coefficient (Wildman–Crippen LogP) is 2.27. The molecule has 1 N–H and O–H groups in total. The molecule has 0 aliphatic heterocycles. The molecule has 0 aromatic heterocycles. The standard InChI is InChI=1S/C12H25NO/c1-4-5-8-13(3)12-9-11(14)7-6-10(12)2/h10-12,14H,4-9H2,1-3H3. The molecule has 1 aliphatic carbocycles. The number of aliphatic hydroxyl groups is 1. The van der Waals surface area contributed by atoms with Crippen molar-refractivity contribution < 1.29 is 5.11 Å². The zero-order valence-corrected chi connectivity index (χ0v) is 9.87. The number of aliphatic hydroxyl groups excluding tert-OH is 1. The summed E-state index contributed by atoms with van der Waals surface area (Å²) in [4.78, 5) is 2.44. The lowest BCUT2D eigenvalue weighted by molar-refractivity contribution is 0.0430. The van der Waals surface area contributed by atoms with E-state index >= 15 is 0 Å². The van der Waals surface area contributed by atoms with E-state index in [4.69, 9.17) is 0 Å². The number of rotatable bonds is 4. The van der Waals surface area contributed by atoms with Crippen LogP contribution in [0.1, 0.15) is 46.0 Å². The maximum Gasteiger partial charge on any atom is 0.0555 e. The molecule has 2 nitrogen and oxygen atoms in total. The van der Waals surface area contributed by atoms with E-state index in [0.717, 1.165) is 18.8 Å². The molecule has 84 valence electrons. The fourth-order valence-electron chi connectivity index (χ4n) is 2.46. The van der Waals surface area contributed by atoms with Gasteiger partial charge in [-0.3, -0.25) is 0 Å². The molecule has 14 heavy (non-hydrogen) atoms. The second kappa shape index (κ2) is 5.72. The van der Waals surface area contributed by atoms with E-state index in [2.05, 4.69) is 25.8 Å². The van der Waals surface area contributed by atoms with E-state index in [-0.39, 0.29) is 6.10 Å². The first-order valence-corrected chi connectivity index (χ1v) is 6.03. The normalized spacial score (nSPS) is 33.6. The summed E-state index contributed by atoms with van der Waals surface area (Å²) < 4.78 is 0. The third kappa shape index (κ3) is 3.25. The third-order valence-corrected chi connectivity index (χ3v) is 3.56. The van der Waals surface area contributed by atoms with Crippen molar-refractivity contribution in [3.8, 4) is 0 Å². The molecular formula is C12H25NO. The fourth-order valence-corrected chi connectivity index (χ4v) is 2.46. The minimum atomic E-state index is -0.0553. The van der Waals surface area contributed by atoms with Crippen LogP contribution in [0, 0.1) is 5.92 Å². The van der Waals surface area contributed by atoms with Crippen molar-refractivity contribution in [3.63, 3.8) is 0 Å². The highest BCUT2D eigenvalue weighted by atomic mass is 16.3. The highest BCUT2D eigenvalue weighted by Crippen LogP contribution is 2.27. The van der Waals surface area contributed by atoms with Crippen molar-refractivity contribution in [1.29, 1.82) is 0 Å². The van der Waals surface area contributed by atoms with Crippen LogP contribution in [0.25, 0.3) is 0 Å². The molecule has 1 aliphatic rings. The Kier molecular flexibility index (Phi) is 4.90. The molecule has 1 rings (SSSR count). The summed E-state index contributed by atoms with van der Waals surface area (Å²) in [5, 5.41) is 9.65. The first-order valence-electron chi connectivity index (χ1n) is 6.03. The second-order valence-electron chi connectivity index (χ2n) is 4.85. The molecule has 1 saturated carbocycles. The van der Waals surface area contributed by atoms with Gasteiger partial charge in [0.15, 0.2) is 0 Å². The van der Waals surface area contributed by atoms with Gasteiger partial charge in [0, 0.05) is 6.04 Å². The van der Waals surface area contributed by atoms with Crippen LogP contribution >= 0.6 is 0 Å². The lowest BCUT2D eigenvalue weighted by Gasteiger charge is -2.38. The van der Waals surface area contributed by atoms with Crippen LogP contribution in [0.15, 0.2) is 0 Å². The quantitative estimate of drug-likeness (QED) is 0.751. The fraction of sp³-hybridized carbons (Fsp3) is 1.00. The predicted molar refractivity (Wildman–Crippen MR) is 60.3 cm³/mol. The molecule has 0 spiro atoms. The number of nitrogens with zero attached hydrogens (tertiary/aromatic N) is 1. The Morgan fingerprint density at radius 2 is 2.07 bits per heavy atom. The van der Waals surface area contributed by atoms with Crippen LogP contribution in [0.5, 0.6) is 0 Å². The van der Waals surface area contributed by atoms with Gasteiger partial charge >= 0.3 is 0 Å². The van der Waals surface area contributed by atoms with Crippen LogP contribution in [-0.2, 0) is 0 Å². The Morgan fingerprint density at radius 1 is 1.36 bits per heavy atom. The van der Waals surface area contributed by atoms with Gasteiger partial charge in [0.1, 0.15) is 0 Å². The molecule has 1 fully saturated rings. The van der Waals surface area contributed by atoms with Gasteiger partial charge in [-0.15, -0.1) is 0 Å². The maximum atomic E-state index is 9.65. The van der Waals surface area contributed by atoms with Gasteiger partial charge in [-0.1, -0.05) is 20.3 Å². The summed E-state index contributed by atoms with van der Waals surface area (Å²) in [7, 11) is 2.20. The highest BCUT2D eigenvalue weighted by molar-refractivity contribution is 4.83. The second-order valence-corrected chi connectivity index (χ2v) is 4.85. The molecule has 0 saturated heterocycles. The Labute approximate surface area is 88.3 Å². The summed E-state index contributed by atoms with van der Waals surface area (Å²) in [6.45, 7) is 5.73. The summed E-state index contributed by atoms with van der Waals surface area (Å²) in [6.07, 6.45) is 5.63. The Hall–Kier alpha value is -0.0800. The van der Waals surface area contributed by atoms with E-state index in [0.29, 0.717) is 6.04 Å². The summed E-state index contributed by atoms with van der Waals surface area (Å²) in [6, 6.07) is 0.602. The Balaban J connectivity index is 2.38. The van der Waals surface area contributed by atoms with Gasteiger partial charge in [0.25, 0.3) is 0 Å². The molecule has 0 amide bonds. The number of hydrogen-bond donors (Lipinski definition) is 1. The minimum absolute atomic E-state index is 0.0553. The van der Waals surface area contributed by atoms with E-state index in [1.54, 1.807) is 0 Å². The van der Waals surface area contributed by atoms with Gasteiger partial charge < -0.3 is 10.0 Å². The minimum Gasteiger partial charge on any atom is -0.393 e. The lowest BCUT2D eigenvalue weighted by atomic mass is 9.83. The van der Waals surface area contributed by atoms with E-state index in [1.807, 2.05) is 0 Å². The van der Waals surface area contributed by atoms with Crippen molar-refractivity contribution in [3.05, 3.63) is 0 Å². The van der Waals surface area contributed by atoms with E-state index in [1.165, 1.54) is 25.8 Å². The molecule has 0 bridgehead atoms. The van der Waals surface area contributed by atoms with E-state index in [9.17, 15) is 5.11 Å². The lowest BCUT2D eigenvalue weighted by Crippen LogP contribution is -2.43. The van der Waals surface area contributed by atoms with Crippen molar-refractivity contribution in [2.75, 3.05) is 13.6 Å². The van der Waals surface area contributed by atoms with Crippen molar-refractivity contribution in [1.82, 2.24) is 4.90 Å².